The Kier molecular flexibility index (Phi) is 4.85. The maximum absolute atomic E-state index is 5.63. The average Bonchev–Trinajstić information content (AvgIpc) is 3.00. The average molecular weight is 256 g/mol. The number of hydrogen-bond acceptors (Lipinski definition) is 6. The van der Waals surface area contributed by atoms with E-state index in [1.54, 1.807) is 0 Å². The van der Waals surface area contributed by atoms with Crippen LogP contribution in [0.5, 0.6) is 0 Å². The fourth-order valence-corrected chi connectivity index (χ4v) is 3.07. The summed E-state index contributed by atoms with van der Waals surface area (Å²) in [6.07, 6.45) is 5.72. The van der Waals surface area contributed by atoms with Crippen LogP contribution in [0.2, 0.25) is 0 Å². The second-order valence-electron chi connectivity index (χ2n) is 4.37. The van der Waals surface area contributed by atoms with Crippen molar-refractivity contribution in [3.8, 4) is 0 Å². The summed E-state index contributed by atoms with van der Waals surface area (Å²) in [5.41, 5.74) is 3.94. The van der Waals surface area contributed by atoms with Crippen molar-refractivity contribution < 1.29 is 4.74 Å². The maximum Gasteiger partial charge on any atom is 0.0801 e. The number of aromatic nitrogens is 2. The van der Waals surface area contributed by atoms with Crippen LogP contribution in [0.25, 0.3) is 0 Å². The first kappa shape index (κ1) is 12.9. The Bertz CT molecular complexity index is 338. The number of hydrazine groups is 1. The number of nitrogens with two attached hydrogens (primary N) is 1. The number of rotatable bonds is 6. The van der Waals surface area contributed by atoms with Crippen molar-refractivity contribution in [2.24, 2.45) is 5.84 Å². The highest BCUT2D eigenvalue weighted by Gasteiger charge is 2.21. The number of nitrogens with zero attached hydrogens (tertiary/aromatic N) is 2. The van der Waals surface area contributed by atoms with Crippen molar-refractivity contribution in [2.75, 3.05) is 6.61 Å². The highest BCUT2D eigenvalue weighted by molar-refractivity contribution is 7.05. The van der Waals surface area contributed by atoms with Crippen LogP contribution < -0.4 is 11.3 Å². The third kappa shape index (κ3) is 3.22. The van der Waals surface area contributed by atoms with Crippen molar-refractivity contribution >= 4 is 11.5 Å². The number of aryl methyl sites for hydroxylation is 1. The molecule has 1 fully saturated rings. The number of nitrogens with one attached hydrogen (secondary N) is 1. The lowest BCUT2D eigenvalue weighted by Gasteiger charge is -2.17. The smallest absolute Gasteiger partial charge is 0.0801 e. The Morgan fingerprint density at radius 2 is 2.53 bits per heavy atom. The largest absolute Gasteiger partial charge is 0.378 e. The van der Waals surface area contributed by atoms with E-state index in [0.29, 0.717) is 6.10 Å². The molecule has 6 heteroatoms. The van der Waals surface area contributed by atoms with Gasteiger partial charge in [-0.2, -0.15) is 0 Å². The zero-order valence-corrected chi connectivity index (χ0v) is 11.0. The molecule has 1 aromatic heterocycles. The normalized spacial score (nSPS) is 21.9. The monoisotopic (exact) mass is 256 g/mol. The Balaban J connectivity index is 1.91. The molecular formula is C11H20N4OS. The van der Waals surface area contributed by atoms with Gasteiger partial charge in [-0.15, -0.1) is 5.10 Å². The van der Waals surface area contributed by atoms with Crippen LogP contribution in [0.1, 0.15) is 49.2 Å². The molecule has 0 amide bonds. The predicted molar refractivity (Wildman–Crippen MR) is 67.6 cm³/mol. The summed E-state index contributed by atoms with van der Waals surface area (Å²) in [6.45, 7) is 3.00. The minimum atomic E-state index is 0.161. The highest BCUT2D eigenvalue weighted by atomic mass is 32.1. The molecule has 0 aliphatic carbocycles. The zero-order chi connectivity index (χ0) is 12.1. The molecule has 0 radical (unpaired) electrons. The molecule has 2 heterocycles. The first-order valence-corrected chi connectivity index (χ1v) is 7.01. The van der Waals surface area contributed by atoms with E-state index in [9.17, 15) is 0 Å². The molecule has 2 unspecified atom stereocenters. The SMILES string of the molecule is CCc1nnsc1C(CCC1CCCO1)NN. The van der Waals surface area contributed by atoms with Gasteiger partial charge < -0.3 is 4.74 Å². The fraction of sp³-hybridized carbons (Fsp3) is 0.818. The third-order valence-corrected chi connectivity index (χ3v) is 4.12. The van der Waals surface area contributed by atoms with E-state index >= 15 is 0 Å². The molecule has 96 valence electrons. The van der Waals surface area contributed by atoms with Crippen molar-refractivity contribution in [3.05, 3.63) is 10.6 Å². The van der Waals surface area contributed by atoms with Crippen LogP contribution >= 0.6 is 11.5 Å². The summed E-state index contributed by atoms with van der Waals surface area (Å²) in [5, 5.41) is 4.13. The van der Waals surface area contributed by atoms with Gasteiger partial charge in [0.2, 0.25) is 0 Å². The number of hydrogen-bond donors (Lipinski definition) is 2. The molecule has 2 rings (SSSR count). The molecule has 1 aliphatic rings. The van der Waals surface area contributed by atoms with Crippen LogP contribution in [-0.4, -0.2) is 22.3 Å². The lowest BCUT2D eigenvalue weighted by Crippen LogP contribution is -2.29. The molecule has 1 aliphatic heterocycles. The fourth-order valence-electron chi connectivity index (χ4n) is 2.24. The van der Waals surface area contributed by atoms with Crippen LogP contribution in [0.4, 0.5) is 0 Å². The summed E-state index contributed by atoms with van der Waals surface area (Å²) in [4.78, 5) is 1.17. The van der Waals surface area contributed by atoms with Gasteiger partial charge in [0.1, 0.15) is 0 Å². The second-order valence-corrected chi connectivity index (χ2v) is 5.15. The Morgan fingerprint density at radius 1 is 1.65 bits per heavy atom. The van der Waals surface area contributed by atoms with Crippen molar-refractivity contribution in [3.63, 3.8) is 0 Å². The van der Waals surface area contributed by atoms with Crippen LogP contribution in [-0.2, 0) is 11.2 Å². The Morgan fingerprint density at radius 3 is 3.18 bits per heavy atom. The summed E-state index contributed by atoms with van der Waals surface area (Å²) < 4.78 is 9.63. The topological polar surface area (TPSA) is 73.1 Å². The minimum absolute atomic E-state index is 0.161. The summed E-state index contributed by atoms with van der Waals surface area (Å²) in [7, 11) is 0. The molecule has 0 saturated carbocycles. The summed E-state index contributed by atoms with van der Waals surface area (Å²) in [6, 6.07) is 0.161. The van der Waals surface area contributed by atoms with Gasteiger partial charge in [0, 0.05) is 6.61 Å². The zero-order valence-electron chi connectivity index (χ0n) is 10.2. The van der Waals surface area contributed by atoms with Gasteiger partial charge in [-0.25, -0.2) is 0 Å². The van der Waals surface area contributed by atoms with Crippen LogP contribution in [0.3, 0.4) is 0 Å². The lowest BCUT2D eigenvalue weighted by atomic mass is 10.0. The summed E-state index contributed by atoms with van der Waals surface area (Å²) in [5.74, 6) is 5.63. The van der Waals surface area contributed by atoms with E-state index in [-0.39, 0.29) is 6.04 Å². The lowest BCUT2D eigenvalue weighted by molar-refractivity contribution is 0.0997. The standard InChI is InChI=1S/C11H20N4OS/c1-2-9-11(17-15-14-9)10(13-12)6-5-8-4-3-7-16-8/h8,10,13H,2-7,12H2,1H3. The molecule has 17 heavy (non-hydrogen) atoms. The van der Waals surface area contributed by atoms with Gasteiger partial charge in [0.15, 0.2) is 0 Å². The van der Waals surface area contributed by atoms with E-state index in [4.69, 9.17) is 10.6 Å². The third-order valence-electron chi connectivity index (χ3n) is 3.24. The van der Waals surface area contributed by atoms with E-state index in [1.807, 2.05) is 0 Å². The Hall–Kier alpha value is -0.560. The molecule has 0 spiro atoms. The van der Waals surface area contributed by atoms with Gasteiger partial charge in [0.05, 0.1) is 22.7 Å². The minimum Gasteiger partial charge on any atom is -0.378 e. The van der Waals surface area contributed by atoms with Gasteiger partial charge in [0.25, 0.3) is 0 Å². The molecule has 2 atom stereocenters. The first-order chi connectivity index (χ1) is 8.35. The van der Waals surface area contributed by atoms with Gasteiger partial charge in [-0.3, -0.25) is 11.3 Å². The molecule has 3 N–H and O–H groups in total. The van der Waals surface area contributed by atoms with Gasteiger partial charge in [-0.05, 0) is 43.6 Å². The molecule has 1 aromatic rings. The van der Waals surface area contributed by atoms with Crippen LogP contribution in [0, 0.1) is 0 Å². The van der Waals surface area contributed by atoms with E-state index in [2.05, 4.69) is 21.9 Å². The van der Waals surface area contributed by atoms with Crippen molar-refractivity contribution in [2.45, 2.75) is 51.2 Å². The quantitative estimate of drug-likeness (QED) is 0.597. The maximum atomic E-state index is 5.63. The van der Waals surface area contributed by atoms with E-state index < -0.39 is 0 Å². The van der Waals surface area contributed by atoms with Crippen molar-refractivity contribution in [1.29, 1.82) is 0 Å². The van der Waals surface area contributed by atoms with Crippen molar-refractivity contribution in [1.82, 2.24) is 15.0 Å². The van der Waals surface area contributed by atoms with E-state index in [1.165, 1.54) is 29.3 Å². The highest BCUT2D eigenvalue weighted by Crippen LogP contribution is 2.27. The first-order valence-electron chi connectivity index (χ1n) is 6.24. The molecule has 1 saturated heterocycles. The predicted octanol–water partition coefficient (Wildman–Crippen LogP) is 1.56. The second kappa shape index (κ2) is 6.39. The molecule has 0 bridgehead atoms. The summed E-state index contributed by atoms with van der Waals surface area (Å²) >= 11 is 1.44. The van der Waals surface area contributed by atoms with Gasteiger partial charge >= 0.3 is 0 Å². The van der Waals surface area contributed by atoms with Gasteiger partial charge in [-0.1, -0.05) is 11.4 Å². The van der Waals surface area contributed by atoms with Crippen LogP contribution in [0.15, 0.2) is 0 Å². The molecular weight excluding hydrogens is 236 g/mol. The molecule has 5 nitrogen and oxygen atoms in total. The van der Waals surface area contributed by atoms with E-state index in [0.717, 1.165) is 31.6 Å². The Labute approximate surface area is 106 Å². The molecule has 0 aromatic carbocycles. The number of ether oxygens (including phenoxy) is 1.